The number of likely N-dealkylation sites (tertiary alicyclic amines) is 1. The Labute approximate surface area is 217 Å². The summed E-state index contributed by atoms with van der Waals surface area (Å²) < 4.78 is 0. The number of benzene rings is 2. The summed E-state index contributed by atoms with van der Waals surface area (Å²) in [6.45, 7) is 7.48. The molecular formula is C28H32Cl2N2O3. The first-order valence-electron chi connectivity index (χ1n) is 11.9. The number of nitriles is 1. The van der Waals surface area contributed by atoms with Crippen molar-refractivity contribution in [1.82, 2.24) is 4.90 Å². The van der Waals surface area contributed by atoms with Crippen LogP contribution in [0.5, 0.6) is 0 Å². The number of halogens is 2. The summed E-state index contributed by atoms with van der Waals surface area (Å²) in [6.07, 6.45) is 1.19. The Morgan fingerprint density at radius 1 is 1.20 bits per heavy atom. The Kier molecular flexibility index (Phi) is 8.19. The van der Waals surface area contributed by atoms with Crippen LogP contribution in [0.3, 0.4) is 0 Å². The molecule has 0 aliphatic carbocycles. The summed E-state index contributed by atoms with van der Waals surface area (Å²) in [6, 6.07) is 16.7. The lowest BCUT2D eigenvalue weighted by molar-refractivity contribution is -0.161. The van der Waals surface area contributed by atoms with Crippen molar-refractivity contribution in [2.24, 2.45) is 10.8 Å². The fourth-order valence-electron chi connectivity index (χ4n) is 5.35. The number of nitrogens with zero attached hydrogens (tertiary/aromatic N) is 2. The Morgan fingerprint density at radius 2 is 1.86 bits per heavy atom. The van der Waals surface area contributed by atoms with Crippen LogP contribution >= 0.6 is 23.2 Å². The standard InChI is InChI=1S/C28H32Cl2N2O3/c1-5-22(14-27(2,3)17-31)32-25(18-9-11-20(29)12-10-18)23(19-7-6-8-21(30)13-19)15-28(4,26(32)35)16-24(33)34/h6-13,22-23,25H,5,14-16H2,1-4H3,(H,33,34). The Hall–Kier alpha value is -2.55. The fraction of sp³-hybridized carbons (Fsp3) is 0.464. The molecule has 0 radical (unpaired) electrons. The summed E-state index contributed by atoms with van der Waals surface area (Å²) in [7, 11) is 0. The van der Waals surface area contributed by atoms with E-state index < -0.39 is 16.8 Å². The Bertz CT molecular complexity index is 1130. The van der Waals surface area contributed by atoms with Crippen molar-refractivity contribution in [3.63, 3.8) is 0 Å². The molecule has 0 aromatic heterocycles. The SMILES string of the molecule is CCC(CC(C)(C)C#N)N1C(=O)C(C)(CC(=O)O)CC(c2cccc(Cl)c2)C1c1ccc(Cl)cc1. The van der Waals surface area contributed by atoms with Crippen molar-refractivity contribution in [1.29, 1.82) is 5.26 Å². The van der Waals surface area contributed by atoms with Crippen molar-refractivity contribution in [2.75, 3.05) is 0 Å². The van der Waals surface area contributed by atoms with Crippen LogP contribution in [0.1, 0.15) is 76.5 Å². The molecule has 1 aliphatic rings. The van der Waals surface area contributed by atoms with Gasteiger partial charge in [-0.25, -0.2) is 0 Å². The average Bonchev–Trinajstić information content (AvgIpc) is 2.79. The van der Waals surface area contributed by atoms with Gasteiger partial charge in [0.05, 0.1) is 29.4 Å². The fourth-order valence-corrected chi connectivity index (χ4v) is 5.68. The number of carboxylic acids is 1. The molecule has 1 fully saturated rings. The van der Waals surface area contributed by atoms with Gasteiger partial charge in [0.15, 0.2) is 0 Å². The van der Waals surface area contributed by atoms with Gasteiger partial charge in [0.2, 0.25) is 5.91 Å². The molecule has 2 aromatic carbocycles. The summed E-state index contributed by atoms with van der Waals surface area (Å²) in [4.78, 5) is 27.9. The normalized spacial score (nSPS) is 23.6. The molecule has 1 aliphatic heterocycles. The first-order valence-corrected chi connectivity index (χ1v) is 12.6. The molecule has 1 amide bonds. The van der Waals surface area contributed by atoms with Crippen LogP contribution in [0.4, 0.5) is 0 Å². The summed E-state index contributed by atoms with van der Waals surface area (Å²) in [5.74, 6) is -1.41. The molecular weight excluding hydrogens is 483 g/mol. The van der Waals surface area contributed by atoms with Crippen LogP contribution in [0, 0.1) is 22.2 Å². The van der Waals surface area contributed by atoms with Gasteiger partial charge in [0, 0.05) is 22.0 Å². The largest absolute Gasteiger partial charge is 0.481 e. The number of carboxylic acid groups (broad SMARTS) is 1. The maximum atomic E-state index is 14.2. The minimum atomic E-state index is -1.11. The zero-order valence-corrected chi connectivity index (χ0v) is 22.1. The van der Waals surface area contributed by atoms with Gasteiger partial charge in [-0.3, -0.25) is 9.59 Å². The molecule has 186 valence electrons. The molecule has 3 rings (SSSR count). The van der Waals surface area contributed by atoms with Gasteiger partial charge in [-0.05, 0) is 68.5 Å². The molecule has 2 aromatic rings. The number of amides is 1. The lowest BCUT2D eigenvalue weighted by atomic mass is 9.66. The maximum absolute atomic E-state index is 14.2. The average molecular weight is 515 g/mol. The van der Waals surface area contributed by atoms with E-state index >= 15 is 0 Å². The molecule has 35 heavy (non-hydrogen) atoms. The Balaban J connectivity index is 2.25. The molecule has 5 nitrogen and oxygen atoms in total. The zero-order chi connectivity index (χ0) is 26.0. The third-order valence-corrected chi connectivity index (χ3v) is 7.53. The number of hydrogen-bond donors (Lipinski definition) is 1. The topological polar surface area (TPSA) is 81.4 Å². The predicted octanol–water partition coefficient (Wildman–Crippen LogP) is 7.25. The van der Waals surface area contributed by atoms with Crippen molar-refractivity contribution < 1.29 is 14.7 Å². The second-order valence-corrected chi connectivity index (χ2v) is 11.3. The van der Waals surface area contributed by atoms with E-state index in [0.717, 1.165) is 11.1 Å². The third-order valence-electron chi connectivity index (χ3n) is 7.05. The molecule has 1 heterocycles. The van der Waals surface area contributed by atoms with Gasteiger partial charge in [0.1, 0.15) is 0 Å². The minimum absolute atomic E-state index is 0.196. The predicted molar refractivity (Wildman–Crippen MR) is 138 cm³/mol. The molecule has 0 saturated carbocycles. The Morgan fingerprint density at radius 3 is 2.40 bits per heavy atom. The van der Waals surface area contributed by atoms with Crippen LogP contribution in [0.25, 0.3) is 0 Å². The smallest absolute Gasteiger partial charge is 0.304 e. The molecule has 1 saturated heterocycles. The second kappa shape index (κ2) is 10.6. The lowest BCUT2D eigenvalue weighted by Gasteiger charge is -2.52. The molecule has 4 unspecified atom stereocenters. The number of piperidine rings is 1. The van der Waals surface area contributed by atoms with Gasteiger partial charge in [-0.2, -0.15) is 5.26 Å². The van der Waals surface area contributed by atoms with Crippen molar-refractivity contribution in [3.05, 3.63) is 69.7 Å². The highest BCUT2D eigenvalue weighted by Gasteiger charge is 2.52. The van der Waals surface area contributed by atoms with Crippen molar-refractivity contribution in [3.8, 4) is 6.07 Å². The quantitative estimate of drug-likeness (QED) is 0.402. The van der Waals surface area contributed by atoms with Gasteiger partial charge in [-0.1, -0.05) is 61.3 Å². The monoisotopic (exact) mass is 514 g/mol. The van der Waals surface area contributed by atoms with Gasteiger partial charge in [0.25, 0.3) is 0 Å². The summed E-state index contributed by atoms with van der Waals surface area (Å²) in [5.41, 5.74) is 0.100. The molecule has 1 N–H and O–H groups in total. The molecule has 7 heteroatoms. The van der Waals surface area contributed by atoms with E-state index in [0.29, 0.717) is 29.3 Å². The van der Waals surface area contributed by atoms with E-state index in [2.05, 4.69) is 6.07 Å². The number of aliphatic carboxylic acids is 1. The molecule has 0 spiro atoms. The van der Waals surface area contributed by atoms with E-state index in [1.54, 1.807) is 25.1 Å². The zero-order valence-electron chi connectivity index (χ0n) is 20.6. The van der Waals surface area contributed by atoms with E-state index in [4.69, 9.17) is 23.2 Å². The molecule has 4 atom stereocenters. The van der Waals surface area contributed by atoms with E-state index in [1.807, 2.05) is 56.0 Å². The van der Waals surface area contributed by atoms with Gasteiger partial charge >= 0.3 is 5.97 Å². The minimum Gasteiger partial charge on any atom is -0.481 e. The highest BCUT2D eigenvalue weighted by Crippen LogP contribution is 2.53. The van der Waals surface area contributed by atoms with Gasteiger partial charge in [-0.15, -0.1) is 0 Å². The third kappa shape index (κ3) is 6.00. The maximum Gasteiger partial charge on any atom is 0.304 e. The first kappa shape index (κ1) is 27.0. The van der Waals surface area contributed by atoms with Crippen LogP contribution in [-0.4, -0.2) is 27.9 Å². The lowest BCUT2D eigenvalue weighted by Crippen LogP contribution is -2.56. The summed E-state index contributed by atoms with van der Waals surface area (Å²) in [5, 5.41) is 20.6. The van der Waals surface area contributed by atoms with E-state index in [1.165, 1.54) is 0 Å². The van der Waals surface area contributed by atoms with Crippen LogP contribution in [0.2, 0.25) is 10.0 Å². The number of carbonyl (C=O) groups excluding carboxylic acids is 1. The number of hydrogen-bond acceptors (Lipinski definition) is 3. The number of carbonyl (C=O) groups is 2. The molecule has 0 bridgehead atoms. The van der Waals surface area contributed by atoms with Crippen molar-refractivity contribution >= 4 is 35.1 Å². The second-order valence-electron chi connectivity index (χ2n) is 10.5. The van der Waals surface area contributed by atoms with Crippen LogP contribution < -0.4 is 0 Å². The highest BCUT2D eigenvalue weighted by atomic mass is 35.5. The van der Waals surface area contributed by atoms with E-state index in [9.17, 15) is 20.0 Å². The van der Waals surface area contributed by atoms with E-state index in [-0.39, 0.29) is 30.3 Å². The van der Waals surface area contributed by atoms with Crippen LogP contribution in [0.15, 0.2) is 48.5 Å². The number of rotatable bonds is 8. The van der Waals surface area contributed by atoms with Crippen LogP contribution in [-0.2, 0) is 9.59 Å². The van der Waals surface area contributed by atoms with Gasteiger partial charge < -0.3 is 10.0 Å². The first-order chi connectivity index (χ1) is 16.4. The highest BCUT2D eigenvalue weighted by molar-refractivity contribution is 6.30. The summed E-state index contributed by atoms with van der Waals surface area (Å²) >= 11 is 12.6. The van der Waals surface area contributed by atoms with Crippen molar-refractivity contribution in [2.45, 2.75) is 71.4 Å².